The van der Waals surface area contributed by atoms with Gasteiger partial charge in [0.05, 0.1) is 7.11 Å². The highest BCUT2D eigenvalue weighted by atomic mass is 32.2. The van der Waals surface area contributed by atoms with E-state index < -0.39 is 5.97 Å². The third kappa shape index (κ3) is 2.97. The number of hydrogen-bond acceptors (Lipinski definition) is 8. The highest BCUT2D eigenvalue weighted by Gasteiger charge is 2.12. The first-order valence-electron chi connectivity index (χ1n) is 4.57. The molecule has 0 atom stereocenters. The van der Waals surface area contributed by atoms with Gasteiger partial charge in [-0.1, -0.05) is 0 Å². The fourth-order valence-electron chi connectivity index (χ4n) is 0.975. The Bertz CT molecular complexity index is 502. The summed E-state index contributed by atoms with van der Waals surface area (Å²) in [6.45, 7) is -0.0430. The lowest BCUT2D eigenvalue weighted by Gasteiger charge is -2.01. The summed E-state index contributed by atoms with van der Waals surface area (Å²) in [6, 6.07) is 1.71. The van der Waals surface area contributed by atoms with E-state index in [1.54, 1.807) is 18.5 Å². The Labute approximate surface area is 100 Å². The minimum Gasteiger partial charge on any atom is -0.468 e. The molecule has 2 aromatic heterocycles. The average Bonchev–Trinajstić information content (AvgIpc) is 2.78. The van der Waals surface area contributed by atoms with Crippen LogP contribution in [0.3, 0.4) is 0 Å². The van der Waals surface area contributed by atoms with Gasteiger partial charge in [0.15, 0.2) is 5.16 Å². The average molecular weight is 252 g/mol. The first-order chi connectivity index (χ1) is 8.29. The van der Waals surface area contributed by atoms with Crippen molar-refractivity contribution in [2.75, 3.05) is 7.11 Å². The third-order valence-corrected chi connectivity index (χ3v) is 2.60. The van der Waals surface area contributed by atoms with E-state index in [9.17, 15) is 4.79 Å². The van der Waals surface area contributed by atoms with Gasteiger partial charge in [-0.05, 0) is 28.3 Å². The number of ether oxygens (including phenoxy) is 1. The summed E-state index contributed by atoms with van der Waals surface area (Å²) in [5.74, 6) is -0.423. The van der Waals surface area contributed by atoms with Crippen molar-refractivity contribution in [3.05, 3.63) is 18.5 Å². The summed E-state index contributed by atoms with van der Waals surface area (Å²) in [6.07, 6.45) is 3.23. The minimum absolute atomic E-state index is 0.0430. The molecule has 0 radical (unpaired) electrons. The standard InChI is InChI=1S/C8H8N6O2S/c1-16-6(15)5-14-8(11-12-13-14)17-7-9-3-2-4-10-7/h2-4H,5H2,1H3. The van der Waals surface area contributed by atoms with Crippen LogP contribution in [-0.2, 0) is 16.1 Å². The van der Waals surface area contributed by atoms with E-state index in [-0.39, 0.29) is 6.54 Å². The van der Waals surface area contributed by atoms with Crippen molar-refractivity contribution >= 4 is 17.7 Å². The molecule has 0 saturated heterocycles. The molecule has 0 fully saturated rings. The van der Waals surface area contributed by atoms with Gasteiger partial charge in [0.25, 0.3) is 0 Å². The van der Waals surface area contributed by atoms with Crippen molar-refractivity contribution in [3.8, 4) is 0 Å². The smallest absolute Gasteiger partial charge is 0.327 e. The summed E-state index contributed by atoms with van der Waals surface area (Å²) < 4.78 is 5.86. The van der Waals surface area contributed by atoms with Crippen molar-refractivity contribution < 1.29 is 9.53 Å². The molecule has 0 aromatic carbocycles. The van der Waals surface area contributed by atoms with Crippen LogP contribution >= 0.6 is 11.8 Å². The predicted molar refractivity (Wildman–Crippen MR) is 56.0 cm³/mol. The number of methoxy groups -OCH3 is 1. The fourth-order valence-corrected chi connectivity index (χ4v) is 1.65. The van der Waals surface area contributed by atoms with Gasteiger partial charge >= 0.3 is 5.97 Å². The van der Waals surface area contributed by atoms with Crippen molar-refractivity contribution in [2.24, 2.45) is 0 Å². The monoisotopic (exact) mass is 252 g/mol. The lowest BCUT2D eigenvalue weighted by atomic mass is 10.7. The Balaban J connectivity index is 2.12. The van der Waals surface area contributed by atoms with Gasteiger partial charge in [0.1, 0.15) is 6.54 Å². The number of nitrogens with zero attached hydrogens (tertiary/aromatic N) is 6. The number of carbonyl (C=O) groups is 1. The normalized spacial score (nSPS) is 10.2. The maximum absolute atomic E-state index is 11.1. The summed E-state index contributed by atoms with van der Waals surface area (Å²) in [4.78, 5) is 19.1. The lowest BCUT2D eigenvalue weighted by molar-refractivity contribution is -0.141. The maximum Gasteiger partial charge on any atom is 0.327 e. The number of tetrazole rings is 1. The van der Waals surface area contributed by atoms with Crippen LogP contribution in [0.1, 0.15) is 0 Å². The number of hydrogen-bond donors (Lipinski definition) is 0. The Morgan fingerprint density at radius 2 is 2.24 bits per heavy atom. The minimum atomic E-state index is -0.423. The quantitative estimate of drug-likeness (QED) is 0.544. The van der Waals surface area contributed by atoms with Crippen molar-refractivity contribution in [2.45, 2.75) is 16.9 Å². The van der Waals surface area contributed by atoms with E-state index in [4.69, 9.17) is 0 Å². The largest absolute Gasteiger partial charge is 0.468 e. The molecule has 2 heterocycles. The van der Waals surface area contributed by atoms with Gasteiger partial charge in [0, 0.05) is 12.4 Å². The predicted octanol–water partition coefficient (Wildman–Crippen LogP) is -0.213. The fraction of sp³-hybridized carbons (Fsp3) is 0.250. The van der Waals surface area contributed by atoms with E-state index >= 15 is 0 Å². The van der Waals surface area contributed by atoms with E-state index in [2.05, 4.69) is 30.2 Å². The highest BCUT2D eigenvalue weighted by Crippen LogP contribution is 2.20. The lowest BCUT2D eigenvalue weighted by Crippen LogP contribution is -2.13. The van der Waals surface area contributed by atoms with Crippen LogP contribution < -0.4 is 0 Å². The molecule has 2 rings (SSSR count). The Morgan fingerprint density at radius 3 is 2.94 bits per heavy atom. The third-order valence-electron chi connectivity index (χ3n) is 1.73. The van der Waals surface area contributed by atoms with Crippen molar-refractivity contribution in [1.82, 2.24) is 30.2 Å². The molecule has 0 spiro atoms. The molecule has 0 saturated carbocycles. The Morgan fingerprint density at radius 1 is 1.47 bits per heavy atom. The maximum atomic E-state index is 11.1. The van der Waals surface area contributed by atoms with Crippen LogP contribution in [0, 0.1) is 0 Å². The molecule has 17 heavy (non-hydrogen) atoms. The molecule has 8 nitrogen and oxygen atoms in total. The molecule has 2 aromatic rings. The second-order valence-corrected chi connectivity index (χ2v) is 3.76. The molecular weight excluding hydrogens is 244 g/mol. The number of rotatable bonds is 4. The molecule has 88 valence electrons. The van der Waals surface area contributed by atoms with Gasteiger partial charge < -0.3 is 4.74 Å². The summed E-state index contributed by atoms with van der Waals surface area (Å²) in [5.41, 5.74) is 0. The Kier molecular flexibility index (Phi) is 3.60. The van der Waals surface area contributed by atoms with Crippen molar-refractivity contribution in [3.63, 3.8) is 0 Å². The zero-order valence-electron chi connectivity index (χ0n) is 8.85. The van der Waals surface area contributed by atoms with E-state index in [1.807, 2.05) is 0 Å². The summed E-state index contributed by atoms with van der Waals surface area (Å²) in [7, 11) is 1.31. The van der Waals surface area contributed by atoms with E-state index in [0.29, 0.717) is 10.3 Å². The van der Waals surface area contributed by atoms with Crippen LogP contribution in [0.25, 0.3) is 0 Å². The molecule has 0 amide bonds. The molecule has 0 unspecified atom stereocenters. The zero-order chi connectivity index (χ0) is 12.1. The second-order valence-electron chi connectivity index (χ2n) is 2.83. The molecule has 0 bridgehead atoms. The molecule has 9 heteroatoms. The van der Waals surface area contributed by atoms with Crippen LogP contribution in [0.4, 0.5) is 0 Å². The van der Waals surface area contributed by atoms with Crippen LogP contribution in [0.15, 0.2) is 28.8 Å². The first-order valence-corrected chi connectivity index (χ1v) is 5.39. The Hall–Kier alpha value is -2.03. The van der Waals surface area contributed by atoms with Gasteiger partial charge in [-0.25, -0.2) is 14.6 Å². The summed E-state index contributed by atoms with van der Waals surface area (Å²) in [5, 5.41) is 11.9. The molecule has 0 N–H and O–H groups in total. The molecule has 0 aliphatic heterocycles. The van der Waals surface area contributed by atoms with Gasteiger partial charge in [0.2, 0.25) is 5.16 Å². The van der Waals surface area contributed by atoms with Crippen LogP contribution in [0.2, 0.25) is 0 Å². The van der Waals surface area contributed by atoms with E-state index in [1.165, 1.54) is 23.6 Å². The molecular formula is C8H8N6O2S. The van der Waals surface area contributed by atoms with Gasteiger partial charge in [-0.15, -0.1) is 5.10 Å². The topological polar surface area (TPSA) is 95.7 Å². The SMILES string of the molecule is COC(=O)Cn1nnnc1Sc1ncccn1. The number of aromatic nitrogens is 6. The first kappa shape index (κ1) is 11.5. The van der Waals surface area contributed by atoms with Gasteiger partial charge in [-0.2, -0.15) is 0 Å². The number of esters is 1. The highest BCUT2D eigenvalue weighted by molar-refractivity contribution is 7.99. The van der Waals surface area contributed by atoms with E-state index in [0.717, 1.165) is 0 Å². The molecule has 0 aliphatic carbocycles. The van der Waals surface area contributed by atoms with Crippen LogP contribution in [0.5, 0.6) is 0 Å². The van der Waals surface area contributed by atoms with Crippen molar-refractivity contribution in [1.29, 1.82) is 0 Å². The van der Waals surface area contributed by atoms with Crippen LogP contribution in [-0.4, -0.2) is 43.3 Å². The zero-order valence-corrected chi connectivity index (χ0v) is 9.66. The second kappa shape index (κ2) is 5.34. The van der Waals surface area contributed by atoms with Gasteiger partial charge in [-0.3, -0.25) is 4.79 Å². The number of carbonyl (C=O) groups excluding carboxylic acids is 1. The molecule has 0 aliphatic rings. The summed E-state index contributed by atoms with van der Waals surface area (Å²) >= 11 is 1.17.